The molecule has 1 saturated heterocycles. The zero-order valence-corrected chi connectivity index (χ0v) is 9.32. The highest BCUT2D eigenvalue weighted by molar-refractivity contribution is 5.73. The van der Waals surface area contributed by atoms with Gasteiger partial charge in [0.2, 0.25) is 0 Å². The van der Waals surface area contributed by atoms with E-state index in [0.29, 0.717) is 11.8 Å². The van der Waals surface area contributed by atoms with Crippen LogP contribution in [0.15, 0.2) is 12.7 Å². The van der Waals surface area contributed by atoms with Gasteiger partial charge in [0.15, 0.2) is 0 Å². The fourth-order valence-corrected chi connectivity index (χ4v) is 2.23. The lowest BCUT2D eigenvalue weighted by atomic mass is 9.83. The van der Waals surface area contributed by atoms with E-state index in [9.17, 15) is 4.79 Å². The predicted molar refractivity (Wildman–Crippen MR) is 56.8 cm³/mol. The van der Waals surface area contributed by atoms with E-state index in [1.54, 1.807) is 0 Å². The number of hydrogen-bond donors (Lipinski definition) is 0. The summed E-state index contributed by atoms with van der Waals surface area (Å²) in [5.74, 6) is 0.887. The molecule has 3 unspecified atom stereocenters. The summed E-state index contributed by atoms with van der Waals surface area (Å²) in [5.41, 5.74) is 0. The van der Waals surface area contributed by atoms with E-state index in [0.717, 1.165) is 12.8 Å². The van der Waals surface area contributed by atoms with Gasteiger partial charge in [0.25, 0.3) is 0 Å². The summed E-state index contributed by atoms with van der Waals surface area (Å²) in [5, 5.41) is 0. The first-order valence-corrected chi connectivity index (χ1v) is 5.37. The first-order chi connectivity index (χ1) is 6.56. The van der Waals surface area contributed by atoms with Crippen molar-refractivity contribution >= 4 is 5.97 Å². The Kier molecular flexibility index (Phi) is 3.73. The monoisotopic (exact) mass is 196 g/mol. The average Bonchev–Trinajstić information content (AvgIpc) is 2.11. The van der Waals surface area contributed by atoms with Crippen molar-refractivity contribution in [3.8, 4) is 0 Å². The fraction of sp³-hybridized carbons (Fsp3) is 0.750. The molecular weight excluding hydrogens is 176 g/mol. The summed E-state index contributed by atoms with van der Waals surface area (Å²) in [7, 11) is 0. The number of carbonyl (C=O) groups is 1. The second kappa shape index (κ2) is 4.63. The van der Waals surface area contributed by atoms with Gasteiger partial charge in [0.05, 0.1) is 5.92 Å². The summed E-state index contributed by atoms with van der Waals surface area (Å²) < 4.78 is 5.44. The smallest absolute Gasteiger partial charge is 0.308 e. The van der Waals surface area contributed by atoms with E-state index in [4.69, 9.17) is 4.74 Å². The van der Waals surface area contributed by atoms with E-state index in [1.807, 2.05) is 13.0 Å². The Hall–Kier alpha value is -0.790. The topological polar surface area (TPSA) is 26.3 Å². The molecule has 0 N–H and O–H groups in total. The molecule has 2 nitrogen and oxygen atoms in total. The Labute approximate surface area is 86.3 Å². The molecule has 0 aliphatic carbocycles. The molecule has 0 bridgehead atoms. The van der Waals surface area contributed by atoms with Gasteiger partial charge < -0.3 is 4.74 Å². The van der Waals surface area contributed by atoms with Crippen molar-refractivity contribution in [3.05, 3.63) is 12.7 Å². The molecule has 2 heteroatoms. The van der Waals surface area contributed by atoms with E-state index in [-0.39, 0.29) is 18.0 Å². The first kappa shape index (κ1) is 11.3. The van der Waals surface area contributed by atoms with Gasteiger partial charge in [0.1, 0.15) is 6.10 Å². The molecule has 0 aromatic rings. The molecule has 0 radical (unpaired) electrons. The molecule has 1 heterocycles. The van der Waals surface area contributed by atoms with Crippen LogP contribution in [0, 0.1) is 17.8 Å². The Bertz CT molecular complexity index is 222. The van der Waals surface area contributed by atoms with Gasteiger partial charge in [-0.1, -0.05) is 26.8 Å². The third kappa shape index (κ3) is 2.37. The van der Waals surface area contributed by atoms with Crippen LogP contribution >= 0.6 is 0 Å². The minimum Gasteiger partial charge on any atom is -0.462 e. The molecule has 14 heavy (non-hydrogen) atoms. The number of hydrogen-bond acceptors (Lipinski definition) is 2. The molecule has 0 spiro atoms. The zero-order valence-electron chi connectivity index (χ0n) is 9.32. The molecular formula is C12H20O2. The second-order valence-electron chi connectivity index (χ2n) is 4.52. The predicted octanol–water partition coefficient (Wildman–Crippen LogP) is 2.79. The van der Waals surface area contributed by atoms with Crippen LogP contribution in [0.3, 0.4) is 0 Å². The van der Waals surface area contributed by atoms with E-state index < -0.39 is 0 Å². The number of esters is 1. The second-order valence-corrected chi connectivity index (χ2v) is 4.52. The van der Waals surface area contributed by atoms with Crippen molar-refractivity contribution in [1.29, 1.82) is 0 Å². The summed E-state index contributed by atoms with van der Waals surface area (Å²) in [4.78, 5) is 11.4. The largest absolute Gasteiger partial charge is 0.462 e. The van der Waals surface area contributed by atoms with Crippen molar-refractivity contribution in [2.24, 2.45) is 17.8 Å². The summed E-state index contributed by atoms with van der Waals surface area (Å²) in [6, 6.07) is 0. The number of cyclic esters (lactones) is 1. The maximum absolute atomic E-state index is 11.4. The van der Waals surface area contributed by atoms with Crippen LogP contribution < -0.4 is 0 Å². The number of ether oxygens (including phenoxy) is 1. The van der Waals surface area contributed by atoms with Crippen LogP contribution in [0.1, 0.15) is 33.6 Å². The molecule has 1 aliphatic rings. The summed E-state index contributed by atoms with van der Waals surface area (Å²) >= 11 is 0. The quantitative estimate of drug-likeness (QED) is 0.512. The maximum Gasteiger partial charge on any atom is 0.308 e. The Balaban J connectivity index is 2.60. The van der Waals surface area contributed by atoms with E-state index >= 15 is 0 Å². The standard InChI is InChI=1S/C12H20O2/c1-5-6-8(2)11-9(3)7-10(4)12(13)14-11/h5,8-11H,1,6-7H2,2-4H3/t8-,9?,10?,11?/m0/s1. The van der Waals surface area contributed by atoms with Gasteiger partial charge in [-0.3, -0.25) is 4.79 Å². The normalized spacial score (nSPS) is 34.8. The molecule has 1 aliphatic heterocycles. The van der Waals surface area contributed by atoms with Crippen LogP contribution in [0.5, 0.6) is 0 Å². The van der Waals surface area contributed by atoms with E-state index in [1.165, 1.54) is 0 Å². The minimum absolute atomic E-state index is 0.0380. The highest BCUT2D eigenvalue weighted by Crippen LogP contribution is 2.31. The lowest BCUT2D eigenvalue weighted by Crippen LogP contribution is -2.39. The van der Waals surface area contributed by atoms with Gasteiger partial charge in [0, 0.05) is 0 Å². The summed E-state index contributed by atoms with van der Waals surface area (Å²) in [6.45, 7) is 9.93. The van der Waals surface area contributed by atoms with Gasteiger partial charge in [-0.2, -0.15) is 0 Å². The van der Waals surface area contributed by atoms with Crippen molar-refractivity contribution in [3.63, 3.8) is 0 Å². The highest BCUT2D eigenvalue weighted by atomic mass is 16.5. The molecule has 80 valence electrons. The van der Waals surface area contributed by atoms with Crippen LogP contribution in [0.25, 0.3) is 0 Å². The third-order valence-electron chi connectivity index (χ3n) is 3.04. The average molecular weight is 196 g/mol. The van der Waals surface area contributed by atoms with Crippen molar-refractivity contribution in [1.82, 2.24) is 0 Å². The zero-order chi connectivity index (χ0) is 10.7. The van der Waals surface area contributed by atoms with Crippen LogP contribution in [-0.4, -0.2) is 12.1 Å². The molecule has 1 rings (SSSR count). The number of carbonyl (C=O) groups excluding carboxylic acids is 1. The highest BCUT2D eigenvalue weighted by Gasteiger charge is 2.35. The van der Waals surface area contributed by atoms with Gasteiger partial charge in [-0.15, -0.1) is 6.58 Å². The van der Waals surface area contributed by atoms with Gasteiger partial charge >= 0.3 is 5.97 Å². The Morgan fingerprint density at radius 3 is 2.86 bits per heavy atom. The van der Waals surface area contributed by atoms with Crippen molar-refractivity contribution < 1.29 is 9.53 Å². The lowest BCUT2D eigenvalue weighted by Gasteiger charge is -2.35. The molecule has 0 aromatic heterocycles. The van der Waals surface area contributed by atoms with Crippen LogP contribution in [0.2, 0.25) is 0 Å². The van der Waals surface area contributed by atoms with Gasteiger partial charge in [-0.25, -0.2) is 0 Å². The minimum atomic E-state index is -0.0380. The third-order valence-corrected chi connectivity index (χ3v) is 3.04. The maximum atomic E-state index is 11.4. The molecule has 0 amide bonds. The molecule has 4 atom stereocenters. The Morgan fingerprint density at radius 2 is 2.29 bits per heavy atom. The van der Waals surface area contributed by atoms with Crippen molar-refractivity contribution in [2.75, 3.05) is 0 Å². The first-order valence-electron chi connectivity index (χ1n) is 5.37. The fourth-order valence-electron chi connectivity index (χ4n) is 2.23. The van der Waals surface area contributed by atoms with Gasteiger partial charge in [-0.05, 0) is 24.7 Å². The number of allylic oxidation sites excluding steroid dienone is 1. The van der Waals surface area contributed by atoms with Crippen LogP contribution in [-0.2, 0) is 9.53 Å². The van der Waals surface area contributed by atoms with Crippen molar-refractivity contribution in [2.45, 2.75) is 39.7 Å². The number of rotatable bonds is 3. The summed E-state index contributed by atoms with van der Waals surface area (Å²) in [6.07, 6.45) is 3.84. The Morgan fingerprint density at radius 1 is 1.64 bits per heavy atom. The van der Waals surface area contributed by atoms with E-state index in [2.05, 4.69) is 20.4 Å². The SMILES string of the molecule is C=CC[C@H](C)C1OC(=O)C(C)CC1C. The molecule has 0 saturated carbocycles. The van der Waals surface area contributed by atoms with Crippen LogP contribution in [0.4, 0.5) is 0 Å². The molecule has 0 aromatic carbocycles. The lowest BCUT2D eigenvalue weighted by molar-refractivity contribution is -0.168. The molecule has 1 fully saturated rings.